The summed E-state index contributed by atoms with van der Waals surface area (Å²) in [6.45, 7) is 6.87. The number of hydrogen-bond donors (Lipinski definition) is 0. The molecule has 0 unspecified atom stereocenters. The van der Waals surface area contributed by atoms with Gasteiger partial charge in [0.2, 0.25) is 0 Å². The van der Waals surface area contributed by atoms with Crippen LogP contribution in [0.25, 0.3) is 0 Å². The first-order valence-corrected chi connectivity index (χ1v) is 4.26. The summed E-state index contributed by atoms with van der Waals surface area (Å²) in [5, 5.41) is 0. The monoisotopic (exact) mass is 139 g/mol. The summed E-state index contributed by atoms with van der Waals surface area (Å²) in [7, 11) is 0. The Hall–Kier alpha value is -0.460. The third kappa shape index (κ3) is 1.76. The van der Waals surface area contributed by atoms with Crippen molar-refractivity contribution in [2.24, 2.45) is 0 Å². The van der Waals surface area contributed by atoms with Crippen LogP contribution in [0.1, 0.15) is 33.1 Å². The van der Waals surface area contributed by atoms with Gasteiger partial charge in [0.25, 0.3) is 0 Å². The minimum absolute atomic E-state index is 1.17. The molecule has 0 aromatic carbocycles. The van der Waals surface area contributed by atoms with Crippen LogP contribution in [0.15, 0.2) is 11.8 Å². The highest BCUT2D eigenvalue weighted by Gasteiger charge is 2.04. The van der Waals surface area contributed by atoms with E-state index in [1.54, 1.807) is 0 Å². The Morgan fingerprint density at radius 3 is 3.00 bits per heavy atom. The van der Waals surface area contributed by atoms with Gasteiger partial charge in [-0.1, -0.05) is 6.08 Å². The second kappa shape index (κ2) is 3.65. The van der Waals surface area contributed by atoms with Gasteiger partial charge in [-0.25, -0.2) is 0 Å². The molecule has 0 fully saturated rings. The molecule has 0 aliphatic carbocycles. The average molecular weight is 139 g/mol. The minimum Gasteiger partial charge on any atom is -0.376 e. The van der Waals surface area contributed by atoms with Crippen molar-refractivity contribution in [3.05, 3.63) is 11.8 Å². The first-order valence-electron chi connectivity index (χ1n) is 4.26. The Kier molecular flexibility index (Phi) is 2.79. The van der Waals surface area contributed by atoms with Crippen LogP contribution in [0.4, 0.5) is 0 Å². The molecule has 0 aromatic heterocycles. The van der Waals surface area contributed by atoms with Crippen LogP contribution in [0.3, 0.4) is 0 Å². The molecule has 1 rings (SSSR count). The molecular weight excluding hydrogens is 122 g/mol. The quantitative estimate of drug-likeness (QED) is 0.539. The van der Waals surface area contributed by atoms with Crippen molar-refractivity contribution < 1.29 is 0 Å². The highest BCUT2D eigenvalue weighted by atomic mass is 15.1. The van der Waals surface area contributed by atoms with Crippen LogP contribution in [0.2, 0.25) is 0 Å². The van der Waals surface area contributed by atoms with E-state index in [9.17, 15) is 0 Å². The van der Waals surface area contributed by atoms with E-state index < -0.39 is 0 Å². The molecule has 0 radical (unpaired) electrons. The zero-order valence-corrected chi connectivity index (χ0v) is 7.06. The van der Waals surface area contributed by atoms with E-state index in [4.69, 9.17) is 0 Å². The zero-order chi connectivity index (χ0) is 7.40. The number of rotatable bonds is 1. The molecule has 0 N–H and O–H groups in total. The van der Waals surface area contributed by atoms with Crippen molar-refractivity contribution in [2.75, 3.05) is 13.1 Å². The largest absolute Gasteiger partial charge is 0.376 e. The van der Waals surface area contributed by atoms with Crippen LogP contribution in [0.5, 0.6) is 0 Å². The normalized spacial score (nSPS) is 20.2. The summed E-state index contributed by atoms with van der Waals surface area (Å²) in [6.07, 6.45) is 6.37. The molecule has 0 saturated heterocycles. The molecule has 0 atom stereocenters. The van der Waals surface area contributed by atoms with Crippen LogP contribution < -0.4 is 0 Å². The van der Waals surface area contributed by atoms with Gasteiger partial charge in [-0.05, 0) is 33.1 Å². The van der Waals surface area contributed by atoms with Crippen molar-refractivity contribution in [3.63, 3.8) is 0 Å². The van der Waals surface area contributed by atoms with Gasteiger partial charge in [0.05, 0.1) is 0 Å². The zero-order valence-electron chi connectivity index (χ0n) is 7.06. The number of allylic oxidation sites excluding steroid dienone is 2. The highest BCUT2D eigenvalue weighted by Crippen LogP contribution is 2.12. The van der Waals surface area contributed by atoms with Gasteiger partial charge < -0.3 is 4.90 Å². The first-order chi connectivity index (χ1) is 4.84. The maximum atomic E-state index is 2.45. The third-order valence-electron chi connectivity index (χ3n) is 2.20. The van der Waals surface area contributed by atoms with Gasteiger partial charge in [-0.3, -0.25) is 0 Å². The summed E-state index contributed by atoms with van der Waals surface area (Å²) in [6, 6.07) is 0. The van der Waals surface area contributed by atoms with E-state index >= 15 is 0 Å². The second-order valence-electron chi connectivity index (χ2n) is 2.92. The standard InChI is InChI=1S/C9H17N/c1-3-10-8-6-4-5-7-9(10)2/h7H,3-6,8H2,1-2H3. The molecule has 0 aromatic rings. The fourth-order valence-electron chi connectivity index (χ4n) is 1.47. The Bertz CT molecular complexity index is 127. The maximum Gasteiger partial charge on any atom is 0.0174 e. The van der Waals surface area contributed by atoms with Gasteiger partial charge >= 0.3 is 0 Å². The molecule has 1 heteroatoms. The van der Waals surface area contributed by atoms with E-state index in [2.05, 4.69) is 24.8 Å². The van der Waals surface area contributed by atoms with E-state index in [-0.39, 0.29) is 0 Å². The molecule has 10 heavy (non-hydrogen) atoms. The molecule has 0 bridgehead atoms. The van der Waals surface area contributed by atoms with Crippen LogP contribution in [-0.2, 0) is 0 Å². The fourth-order valence-corrected chi connectivity index (χ4v) is 1.47. The fraction of sp³-hybridized carbons (Fsp3) is 0.778. The lowest BCUT2D eigenvalue weighted by molar-refractivity contribution is 0.363. The number of nitrogens with zero attached hydrogens (tertiary/aromatic N) is 1. The van der Waals surface area contributed by atoms with Gasteiger partial charge in [-0.15, -0.1) is 0 Å². The van der Waals surface area contributed by atoms with Crippen molar-refractivity contribution in [2.45, 2.75) is 33.1 Å². The second-order valence-corrected chi connectivity index (χ2v) is 2.92. The van der Waals surface area contributed by atoms with E-state index in [0.717, 1.165) is 0 Å². The summed E-state index contributed by atoms with van der Waals surface area (Å²) in [4.78, 5) is 2.45. The Labute approximate surface area is 63.7 Å². The lowest BCUT2D eigenvalue weighted by atomic mass is 10.2. The average Bonchev–Trinajstić information content (AvgIpc) is 2.13. The summed E-state index contributed by atoms with van der Waals surface area (Å²) >= 11 is 0. The topological polar surface area (TPSA) is 3.24 Å². The summed E-state index contributed by atoms with van der Waals surface area (Å²) < 4.78 is 0. The molecule has 1 aliphatic rings. The minimum atomic E-state index is 1.17. The molecule has 0 saturated carbocycles. The molecule has 1 heterocycles. The summed E-state index contributed by atoms with van der Waals surface area (Å²) in [5.74, 6) is 0. The third-order valence-corrected chi connectivity index (χ3v) is 2.20. The Balaban J connectivity index is 2.51. The van der Waals surface area contributed by atoms with E-state index in [0.29, 0.717) is 0 Å². The number of hydrogen-bond acceptors (Lipinski definition) is 1. The Morgan fingerprint density at radius 1 is 1.50 bits per heavy atom. The molecule has 1 aliphatic heterocycles. The van der Waals surface area contributed by atoms with Crippen LogP contribution in [-0.4, -0.2) is 18.0 Å². The van der Waals surface area contributed by atoms with Gasteiger partial charge in [0, 0.05) is 18.8 Å². The van der Waals surface area contributed by atoms with Crippen molar-refractivity contribution in [1.82, 2.24) is 4.90 Å². The van der Waals surface area contributed by atoms with Crippen LogP contribution in [0, 0.1) is 0 Å². The van der Waals surface area contributed by atoms with E-state index in [1.807, 2.05) is 0 Å². The van der Waals surface area contributed by atoms with Crippen molar-refractivity contribution in [1.29, 1.82) is 0 Å². The molecule has 58 valence electrons. The molecule has 1 nitrogen and oxygen atoms in total. The van der Waals surface area contributed by atoms with Gasteiger partial charge in [0.15, 0.2) is 0 Å². The predicted octanol–water partition coefficient (Wildman–Crippen LogP) is 2.40. The summed E-state index contributed by atoms with van der Waals surface area (Å²) in [5.41, 5.74) is 1.47. The lowest BCUT2D eigenvalue weighted by Gasteiger charge is -2.21. The van der Waals surface area contributed by atoms with Crippen molar-refractivity contribution >= 4 is 0 Å². The SMILES string of the molecule is CCN1CCCCC=C1C. The maximum absolute atomic E-state index is 2.45. The lowest BCUT2D eigenvalue weighted by Crippen LogP contribution is -2.21. The highest BCUT2D eigenvalue weighted by molar-refractivity contribution is 4.98. The molecular formula is C9H17N. The Morgan fingerprint density at radius 2 is 2.30 bits per heavy atom. The predicted molar refractivity (Wildman–Crippen MR) is 44.9 cm³/mol. The molecule has 0 spiro atoms. The first kappa shape index (κ1) is 7.64. The van der Waals surface area contributed by atoms with Gasteiger partial charge in [0.1, 0.15) is 0 Å². The van der Waals surface area contributed by atoms with Gasteiger partial charge in [-0.2, -0.15) is 0 Å². The van der Waals surface area contributed by atoms with Crippen molar-refractivity contribution in [3.8, 4) is 0 Å². The van der Waals surface area contributed by atoms with E-state index in [1.165, 1.54) is 38.0 Å². The smallest absolute Gasteiger partial charge is 0.0174 e. The molecule has 0 amide bonds. The van der Waals surface area contributed by atoms with Crippen LogP contribution >= 0.6 is 0 Å².